The Morgan fingerprint density at radius 3 is 2.59 bits per heavy atom. The highest BCUT2D eigenvalue weighted by atomic mass is 16.4. The number of nitrogens with two attached hydrogens (primary N) is 1. The molecule has 1 aromatic heterocycles. The third kappa shape index (κ3) is 2.60. The topological polar surface area (TPSA) is 88.6 Å². The first-order valence-corrected chi connectivity index (χ1v) is 7.09. The maximum atomic E-state index is 12.6. The van der Waals surface area contributed by atoms with Crippen LogP contribution in [0.15, 0.2) is 48.8 Å². The molecule has 0 aliphatic carbocycles. The van der Waals surface area contributed by atoms with Gasteiger partial charge in [-0.2, -0.15) is 0 Å². The number of carboxylic acids is 1. The van der Waals surface area contributed by atoms with Crippen molar-refractivity contribution in [2.24, 2.45) is 5.73 Å². The number of likely N-dealkylation sites (tertiary alicyclic amines) is 1. The molecular formula is C16H17N3O3. The van der Waals surface area contributed by atoms with E-state index in [1.165, 1.54) is 4.90 Å². The van der Waals surface area contributed by atoms with Crippen LogP contribution < -0.4 is 5.73 Å². The second-order valence-corrected chi connectivity index (χ2v) is 5.45. The monoisotopic (exact) mass is 299 g/mol. The zero-order valence-electron chi connectivity index (χ0n) is 11.9. The summed E-state index contributed by atoms with van der Waals surface area (Å²) in [5, 5.41) is 9.25. The molecule has 2 aromatic rings. The first kappa shape index (κ1) is 14.3. The van der Waals surface area contributed by atoms with E-state index in [2.05, 4.69) is 0 Å². The standard InChI is InChI=1S/C16H17N3O3/c17-12-9-14(16(21)22)19(10-12)15(20)11-4-3-5-13(8-11)18-6-1-2-7-18/h1-8,12,14H,9-10,17H2,(H,21,22)/t12-,14-/m0/s1. The van der Waals surface area contributed by atoms with Crippen molar-refractivity contribution in [3.05, 3.63) is 54.4 Å². The molecule has 0 saturated carbocycles. The Bertz CT molecular complexity index is 696. The van der Waals surface area contributed by atoms with Gasteiger partial charge in [-0.15, -0.1) is 0 Å². The molecule has 1 saturated heterocycles. The van der Waals surface area contributed by atoms with Crippen molar-refractivity contribution in [3.8, 4) is 5.69 Å². The van der Waals surface area contributed by atoms with Crippen molar-refractivity contribution in [3.63, 3.8) is 0 Å². The van der Waals surface area contributed by atoms with Crippen LogP contribution in [0.2, 0.25) is 0 Å². The number of carbonyl (C=O) groups is 2. The van der Waals surface area contributed by atoms with Crippen LogP contribution in [0.4, 0.5) is 0 Å². The number of benzene rings is 1. The number of rotatable bonds is 3. The summed E-state index contributed by atoms with van der Waals surface area (Å²) in [6, 6.07) is 9.78. The fourth-order valence-corrected chi connectivity index (χ4v) is 2.80. The number of nitrogens with zero attached hydrogens (tertiary/aromatic N) is 2. The second kappa shape index (κ2) is 5.65. The lowest BCUT2D eigenvalue weighted by atomic mass is 10.1. The van der Waals surface area contributed by atoms with E-state index in [4.69, 9.17) is 5.73 Å². The van der Waals surface area contributed by atoms with E-state index in [-0.39, 0.29) is 18.5 Å². The zero-order chi connectivity index (χ0) is 15.7. The second-order valence-electron chi connectivity index (χ2n) is 5.45. The highest BCUT2D eigenvalue weighted by Gasteiger charge is 2.38. The van der Waals surface area contributed by atoms with Crippen LogP contribution in [0.5, 0.6) is 0 Å². The van der Waals surface area contributed by atoms with Gasteiger partial charge in [-0.25, -0.2) is 4.79 Å². The van der Waals surface area contributed by atoms with E-state index >= 15 is 0 Å². The average Bonchev–Trinajstić information content (AvgIpc) is 3.16. The van der Waals surface area contributed by atoms with Crippen molar-refractivity contribution in [1.82, 2.24) is 9.47 Å². The summed E-state index contributed by atoms with van der Waals surface area (Å²) in [6.45, 7) is 0.267. The quantitative estimate of drug-likeness (QED) is 0.888. The maximum absolute atomic E-state index is 12.6. The number of hydrogen-bond donors (Lipinski definition) is 2. The van der Waals surface area contributed by atoms with Crippen molar-refractivity contribution < 1.29 is 14.7 Å². The van der Waals surface area contributed by atoms with Crippen LogP contribution in [-0.2, 0) is 4.79 Å². The van der Waals surface area contributed by atoms with Crippen LogP contribution in [0.25, 0.3) is 5.69 Å². The number of hydrogen-bond acceptors (Lipinski definition) is 3. The van der Waals surface area contributed by atoms with Crippen molar-refractivity contribution in [2.45, 2.75) is 18.5 Å². The van der Waals surface area contributed by atoms with E-state index < -0.39 is 12.0 Å². The molecule has 3 N–H and O–H groups in total. The molecule has 1 amide bonds. The van der Waals surface area contributed by atoms with Gasteiger partial charge in [0.15, 0.2) is 0 Å². The number of aliphatic carboxylic acids is 1. The SMILES string of the molecule is N[C@H]1C[C@@H](C(=O)O)N(C(=O)c2cccc(-n3cccc3)c2)C1. The smallest absolute Gasteiger partial charge is 0.326 e. The van der Waals surface area contributed by atoms with Crippen molar-refractivity contribution in [2.75, 3.05) is 6.54 Å². The highest BCUT2D eigenvalue weighted by Crippen LogP contribution is 2.21. The Kier molecular flexibility index (Phi) is 3.68. The van der Waals surface area contributed by atoms with Crippen LogP contribution in [0.1, 0.15) is 16.8 Å². The molecule has 0 spiro atoms. The van der Waals surface area contributed by atoms with Crippen LogP contribution >= 0.6 is 0 Å². The zero-order valence-corrected chi connectivity index (χ0v) is 11.9. The lowest BCUT2D eigenvalue weighted by Gasteiger charge is -2.21. The van der Waals surface area contributed by atoms with Crippen molar-refractivity contribution in [1.29, 1.82) is 0 Å². The summed E-state index contributed by atoms with van der Waals surface area (Å²) in [5.74, 6) is -1.31. The molecule has 1 aliphatic rings. The summed E-state index contributed by atoms with van der Waals surface area (Å²) in [5.41, 5.74) is 7.13. The van der Waals surface area contributed by atoms with Gasteiger partial charge in [0.05, 0.1) is 0 Å². The van der Waals surface area contributed by atoms with Gasteiger partial charge in [0, 0.05) is 36.2 Å². The molecule has 1 fully saturated rings. The average molecular weight is 299 g/mol. The van der Waals surface area contributed by atoms with Gasteiger partial charge in [-0.05, 0) is 36.8 Å². The summed E-state index contributed by atoms with van der Waals surface area (Å²) in [4.78, 5) is 25.3. The highest BCUT2D eigenvalue weighted by molar-refractivity contribution is 5.97. The minimum Gasteiger partial charge on any atom is -0.480 e. The summed E-state index contributed by atoms with van der Waals surface area (Å²) >= 11 is 0. The number of amides is 1. The summed E-state index contributed by atoms with van der Waals surface area (Å²) in [6.07, 6.45) is 4.06. The van der Waals surface area contributed by atoms with Crippen LogP contribution in [0, 0.1) is 0 Å². The summed E-state index contributed by atoms with van der Waals surface area (Å²) in [7, 11) is 0. The Labute approximate surface area is 127 Å². The molecule has 22 heavy (non-hydrogen) atoms. The number of carboxylic acid groups (broad SMARTS) is 1. The van der Waals surface area contributed by atoms with E-state index in [0.29, 0.717) is 12.0 Å². The maximum Gasteiger partial charge on any atom is 0.326 e. The molecular weight excluding hydrogens is 282 g/mol. The molecule has 6 heteroatoms. The summed E-state index contributed by atoms with van der Waals surface area (Å²) < 4.78 is 1.89. The van der Waals surface area contributed by atoms with Gasteiger partial charge in [0.2, 0.25) is 0 Å². The van der Waals surface area contributed by atoms with E-state index in [1.807, 2.05) is 35.2 Å². The lowest BCUT2D eigenvalue weighted by Crippen LogP contribution is -2.40. The fourth-order valence-electron chi connectivity index (χ4n) is 2.80. The molecule has 1 aliphatic heterocycles. The normalized spacial score (nSPS) is 21.0. The van der Waals surface area contributed by atoms with Gasteiger partial charge in [-0.3, -0.25) is 4.79 Å². The Balaban J connectivity index is 1.89. The van der Waals surface area contributed by atoms with Gasteiger partial charge < -0.3 is 20.3 Å². The van der Waals surface area contributed by atoms with Gasteiger partial charge in [0.1, 0.15) is 6.04 Å². The Hall–Kier alpha value is -2.60. The molecule has 6 nitrogen and oxygen atoms in total. The molecule has 0 bridgehead atoms. The van der Waals surface area contributed by atoms with Gasteiger partial charge >= 0.3 is 5.97 Å². The molecule has 3 rings (SSSR count). The number of aromatic nitrogens is 1. The molecule has 114 valence electrons. The predicted octanol–water partition coefficient (Wildman–Crippen LogP) is 1.10. The first-order valence-electron chi connectivity index (χ1n) is 7.09. The molecule has 0 radical (unpaired) electrons. The molecule has 2 atom stereocenters. The van der Waals surface area contributed by atoms with Crippen molar-refractivity contribution >= 4 is 11.9 Å². The Morgan fingerprint density at radius 2 is 1.91 bits per heavy atom. The first-order chi connectivity index (χ1) is 10.6. The van der Waals surface area contributed by atoms with Crippen LogP contribution in [0.3, 0.4) is 0 Å². The fraction of sp³-hybridized carbons (Fsp3) is 0.250. The predicted molar refractivity (Wildman–Crippen MR) is 80.8 cm³/mol. The minimum absolute atomic E-state index is 0.267. The Morgan fingerprint density at radius 1 is 1.18 bits per heavy atom. The third-order valence-corrected chi connectivity index (χ3v) is 3.88. The number of carbonyl (C=O) groups excluding carboxylic acids is 1. The van der Waals surface area contributed by atoms with E-state index in [9.17, 15) is 14.7 Å². The van der Waals surface area contributed by atoms with E-state index in [0.717, 1.165) is 5.69 Å². The third-order valence-electron chi connectivity index (χ3n) is 3.88. The van der Waals surface area contributed by atoms with Gasteiger partial charge in [0.25, 0.3) is 5.91 Å². The molecule has 1 aromatic carbocycles. The minimum atomic E-state index is -1.01. The molecule has 2 heterocycles. The van der Waals surface area contributed by atoms with Gasteiger partial charge in [-0.1, -0.05) is 6.07 Å². The molecule has 0 unspecified atom stereocenters. The lowest BCUT2D eigenvalue weighted by molar-refractivity contribution is -0.141. The largest absolute Gasteiger partial charge is 0.480 e. The van der Waals surface area contributed by atoms with E-state index in [1.54, 1.807) is 18.2 Å². The van der Waals surface area contributed by atoms with Crippen LogP contribution in [-0.4, -0.2) is 45.1 Å².